The van der Waals surface area contributed by atoms with E-state index in [1.54, 1.807) is 19.1 Å². The van der Waals surface area contributed by atoms with Gasteiger partial charge in [-0.1, -0.05) is 31.2 Å². The summed E-state index contributed by atoms with van der Waals surface area (Å²) in [6.07, 6.45) is 0.0307. The highest BCUT2D eigenvalue weighted by atomic mass is 16.5. The van der Waals surface area contributed by atoms with Crippen molar-refractivity contribution in [2.45, 2.75) is 26.4 Å². The SMILES string of the molecule is CCc1ccc(C(=O)[C@H](C)OC(=O)c2ccc(C#N)cc2)cc1. The Morgan fingerprint density at radius 1 is 1.04 bits per heavy atom. The standard InChI is InChI=1S/C19H17NO3/c1-3-14-4-8-16(9-5-14)18(21)13(2)23-19(22)17-10-6-15(12-20)7-11-17/h4-11,13H,3H2,1-2H3/t13-/m0/s1. The summed E-state index contributed by atoms with van der Waals surface area (Å²) in [5.74, 6) is -0.824. The lowest BCUT2D eigenvalue weighted by Crippen LogP contribution is -2.24. The number of carbonyl (C=O) groups is 2. The van der Waals surface area contributed by atoms with Gasteiger partial charge in [0.25, 0.3) is 0 Å². The number of benzene rings is 2. The van der Waals surface area contributed by atoms with Crippen LogP contribution in [-0.2, 0) is 11.2 Å². The molecule has 0 bridgehead atoms. The highest BCUT2D eigenvalue weighted by Crippen LogP contribution is 2.12. The molecular formula is C19H17NO3. The number of ether oxygens (including phenoxy) is 1. The monoisotopic (exact) mass is 307 g/mol. The van der Waals surface area contributed by atoms with Gasteiger partial charge >= 0.3 is 5.97 Å². The lowest BCUT2D eigenvalue weighted by Gasteiger charge is -2.12. The van der Waals surface area contributed by atoms with Crippen molar-refractivity contribution in [3.05, 3.63) is 70.8 Å². The summed E-state index contributed by atoms with van der Waals surface area (Å²) in [6, 6.07) is 15.3. The Bertz CT molecular complexity index is 740. The number of hydrogen-bond acceptors (Lipinski definition) is 4. The average molecular weight is 307 g/mol. The van der Waals surface area contributed by atoms with Gasteiger partial charge in [-0.25, -0.2) is 4.79 Å². The lowest BCUT2D eigenvalue weighted by atomic mass is 10.0. The van der Waals surface area contributed by atoms with E-state index >= 15 is 0 Å². The van der Waals surface area contributed by atoms with Crippen LogP contribution >= 0.6 is 0 Å². The third-order valence-electron chi connectivity index (χ3n) is 3.55. The zero-order valence-corrected chi connectivity index (χ0v) is 13.1. The number of hydrogen-bond donors (Lipinski definition) is 0. The van der Waals surface area contributed by atoms with Gasteiger partial charge < -0.3 is 4.74 Å². The van der Waals surface area contributed by atoms with E-state index in [1.165, 1.54) is 24.3 Å². The van der Waals surface area contributed by atoms with Crippen molar-refractivity contribution in [1.82, 2.24) is 0 Å². The first-order valence-electron chi connectivity index (χ1n) is 7.39. The molecule has 0 aliphatic rings. The minimum Gasteiger partial charge on any atom is -0.451 e. The molecule has 2 rings (SSSR count). The Kier molecular flexibility index (Phi) is 5.27. The van der Waals surface area contributed by atoms with E-state index in [1.807, 2.05) is 25.1 Å². The van der Waals surface area contributed by atoms with Gasteiger partial charge in [0.15, 0.2) is 6.10 Å². The molecule has 4 nitrogen and oxygen atoms in total. The summed E-state index contributed by atoms with van der Waals surface area (Å²) < 4.78 is 5.21. The molecule has 0 aliphatic heterocycles. The van der Waals surface area contributed by atoms with E-state index in [0.717, 1.165) is 12.0 Å². The van der Waals surface area contributed by atoms with Gasteiger partial charge in [0.1, 0.15) is 0 Å². The largest absolute Gasteiger partial charge is 0.451 e. The van der Waals surface area contributed by atoms with Crippen LogP contribution in [0.4, 0.5) is 0 Å². The summed E-state index contributed by atoms with van der Waals surface area (Å²) in [5, 5.41) is 8.74. The normalized spacial score (nSPS) is 11.3. The van der Waals surface area contributed by atoms with Crippen molar-refractivity contribution >= 4 is 11.8 Å². The van der Waals surface area contributed by atoms with E-state index in [4.69, 9.17) is 10.00 Å². The Morgan fingerprint density at radius 2 is 1.61 bits per heavy atom. The van der Waals surface area contributed by atoms with Crippen LogP contribution in [0.15, 0.2) is 48.5 Å². The molecule has 116 valence electrons. The molecule has 23 heavy (non-hydrogen) atoms. The lowest BCUT2D eigenvalue weighted by molar-refractivity contribution is 0.0319. The van der Waals surface area contributed by atoms with Gasteiger partial charge in [-0.2, -0.15) is 5.26 Å². The predicted molar refractivity (Wildman–Crippen MR) is 86.2 cm³/mol. The van der Waals surface area contributed by atoms with Gasteiger partial charge in [0.2, 0.25) is 5.78 Å². The molecule has 2 aromatic carbocycles. The Hall–Kier alpha value is -2.93. The molecule has 2 aromatic rings. The molecule has 0 N–H and O–H groups in total. The summed E-state index contributed by atoms with van der Waals surface area (Å²) >= 11 is 0. The summed E-state index contributed by atoms with van der Waals surface area (Å²) in [6.45, 7) is 3.59. The van der Waals surface area contributed by atoms with E-state index in [9.17, 15) is 9.59 Å². The number of aryl methyl sites for hydroxylation is 1. The third kappa shape index (κ3) is 4.04. The van der Waals surface area contributed by atoms with Gasteiger partial charge in [-0.15, -0.1) is 0 Å². The maximum absolute atomic E-state index is 12.3. The molecule has 0 aliphatic carbocycles. The third-order valence-corrected chi connectivity index (χ3v) is 3.55. The Balaban J connectivity index is 2.04. The molecule has 0 spiro atoms. The number of ketones is 1. The fourth-order valence-corrected chi connectivity index (χ4v) is 2.10. The van der Waals surface area contributed by atoms with Crippen LogP contribution in [0, 0.1) is 11.3 Å². The van der Waals surface area contributed by atoms with E-state index in [-0.39, 0.29) is 5.78 Å². The number of nitriles is 1. The van der Waals surface area contributed by atoms with Crippen LogP contribution in [0.5, 0.6) is 0 Å². The number of carbonyl (C=O) groups excluding carboxylic acids is 2. The molecule has 0 fully saturated rings. The van der Waals surface area contributed by atoms with Crippen LogP contribution in [0.2, 0.25) is 0 Å². The van der Waals surface area contributed by atoms with Crippen LogP contribution < -0.4 is 0 Å². The number of nitrogens with zero attached hydrogens (tertiary/aromatic N) is 1. The van der Waals surface area contributed by atoms with E-state index in [0.29, 0.717) is 16.7 Å². The van der Waals surface area contributed by atoms with Crippen molar-refractivity contribution in [2.24, 2.45) is 0 Å². The molecule has 0 heterocycles. The molecule has 0 unspecified atom stereocenters. The van der Waals surface area contributed by atoms with Crippen molar-refractivity contribution in [3.8, 4) is 6.07 Å². The summed E-state index contributed by atoms with van der Waals surface area (Å²) in [5.41, 5.74) is 2.43. The quantitative estimate of drug-likeness (QED) is 0.626. The Morgan fingerprint density at radius 3 is 2.13 bits per heavy atom. The fraction of sp³-hybridized carbons (Fsp3) is 0.211. The maximum atomic E-state index is 12.3. The average Bonchev–Trinajstić information content (AvgIpc) is 2.61. The molecule has 0 radical (unpaired) electrons. The smallest absolute Gasteiger partial charge is 0.338 e. The molecular weight excluding hydrogens is 290 g/mol. The van der Waals surface area contributed by atoms with E-state index in [2.05, 4.69) is 0 Å². The highest BCUT2D eigenvalue weighted by molar-refractivity contribution is 6.01. The summed E-state index contributed by atoms with van der Waals surface area (Å²) in [4.78, 5) is 24.3. The first kappa shape index (κ1) is 16.4. The van der Waals surface area contributed by atoms with Gasteiger partial charge in [0.05, 0.1) is 17.2 Å². The minimum absolute atomic E-state index is 0.241. The van der Waals surface area contributed by atoms with Crippen molar-refractivity contribution < 1.29 is 14.3 Å². The molecule has 1 atom stereocenters. The fourth-order valence-electron chi connectivity index (χ4n) is 2.10. The van der Waals surface area contributed by atoms with Crippen LogP contribution in [0.1, 0.15) is 45.7 Å². The highest BCUT2D eigenvalue weighted by Gasteiger charge is 2.20. The maximum Gasteiger partial charge on any atom is 0.338 e. The topological polar surface area (TPSA) is 67.2 Å². The zero-order chi connectivity index (χ0) is 16.8. The molecule has 0 saturated carbocycles. The van der Waals surface area contributed by atoms with E-state index < -0.39 is 12.1 Å². The van der Waals surface area contributed by atoms with Gasteiger partial charge in [-0.05, 0) is 43.2 Å². The second-order valence-electron chi connectivity index (χ2n) is 5.15. The second-order valence-corrected chi connectivity index (χ2v) is 5.15. The first-order chi connectivity index (χ1) is 11.0. The second kappa shape index (κ2) is 7.37. The van der Waals surface area contributed by atoms with Crippen LogP contribution in [-0.4, -0.2) is 17.9 Å². The zero-order valence-electron chi connectivity index (χ0n) is 13.1. The number of esters is 1. The van der Waals surface area contributed by atoms with Crippen molar-refractivity contribution in [3.63, 3.8) is 0 Å². The number of rotatable bonds is 5. The van der Waals surface area contributed by atoms with Crippen molar-refractivity contribution in [1.29, 1.82) is 5.26 Å². The molecule has 0 amide bonds. The summed E-state index contributed by atoms with van der Waals surface area (Å²) in [7, 11) is 0. The predicted octanol–water partition coefficient (Wildman–Crippen LogP) is 3.55. The first-order valence-corrected chi connectivity index (χ1v) is 7.39. The number of Topliss-reactive ketones (excluding diaryl/α,β-unsaturated/α-hetero) is 1. The Labute approximate surface area is 135 Å². The van der Waals surface area contributed by atoms with Gasteiger partial charge in [-0.3, -0.25) is 4.79 Å². The minimum atomic E-state index is -0.870. The molecule has 0 aromatic heterocycles. The molecule has 4 heteroatoms. The van der Waals surface area contributed by atoms with Crippen LogP contribution in [0.25, 0.3) is 0 Å². The van der Waals surface area contributed by atoms with Crippen LogP contribution in [0.3, 0.4) is 0 Å². The van der Waals surface area contributed by atoms with Crippen molar-refractivity contribution in [2.75, 3.05) is 0 Å². The molecule has 0 saturated heterocycles. The van der Waals surface area contributed by atoms with Gasteiger partial charge in [0, 0.05) is 5.56 Å².